The van der Waals surface area contributed by atoms with E-state index in [1.807, 2.05) is 34.6 Å². The van der Waals surface area contributed by atoms with Gasteiger partial charge in [0.25, 0.3) is 0 Å². The van der Waals surface area contributed by atoms with Crippen LogP contribution in [-0.4, -0.2) is 34.2 Å². The number of aliphatic hydroxyl groups excluding tert-OH is 1. The van der Waals surface area contributed by atoms with E-state index in [0.717, 1.165) is 37.7 Å². The van der Waals surface area contributed by atoms with Crippen molar-refractivity contribution in [1.29, 1.82) is 0 Å². The molecule has 1 N–H and O–H groups in total. The standard InChI is InChI=1S/C30H44O5/c1-17-9-12-23-29(7,15-14-22(32)28(5,6)35-23)19(17)10-11-20-18(2)24(33)25(34)26-27(3,4)21(31)13-16-30(20,26)8/h17,19,23,34H,9-16H2,1-8H3/t17?,19-,23+,29+,30-/m0/s1. The monoisotopic (exact) mass is 484 g/mol. The van der Waals surface area contributed by atoms with Gasteiger partial charge in [-0.15, -0.1) is 0 Å². The highest BCUT2D eigenvalue weighted by Gasteiger charge is 2.55. The highest BCUT2D eigenvalue weighted by Crippen LogP contribution is 2.59. The van der Waals surface area contributed by atoms with E-state index in [0.29, 0.717) is 42.2 Å². The van der Waals surface area contributed by atoms with Gasteiger partial charge >= 0.3 is 0 Å². The molecule has 0 aromatic heterocycles. The number of ether oxygens (including phenoxy) is 1. The molecule has 5 nitrogen and oxygen atoms in total. The minimum absolute atomic E-state index is 0.0505. The van der Waals surface area contributed by atoms with E-state index < -0.39 is 16.4 Å². The third kappa shape index (κ3) is 3.88. The van der Waals surface area contributed by atoms with Gasteiger partial charge in [-0.1, -0.05) is 26.3 Å². The zero-order valence-corrected chi connectivity index (χ0v) is 23.0. The molecule has 0 bridgehead atoms. The van der Waals surface area contributed by atoms with Crippen LogP contribution < -0.4 is 0 Å². The Kier molecular flexibility index (Phi) is 6.31. The van der Waals surface area contributed by atoms with Gasteiger partial charge < -0.3 is 9.84 Å². The first kappa shape index (κ1) is 26.3. The summed E-state index contributed by atoms with van der Waals surface area (Å²) in [6.45, 7) is 16.1. The number of carbonyl (C=O) groups is 3. The lowest BCUT2D eigenvalue weighted by Crippen LogP contribution is -2.49. The summed E-state index contributed by atoms with van der Waals surface area (Å²) < 4.78 is 6.49. The molecule has 1 aliphatic heterocycles. The fraction of sp³-hybridized carbons (Fsp3) is 0.767. The third-order valence-electron chi connectivity index (χ3n) is 10.5. The van der Waals surface area contributed by atoms with E-state index in [-0.39, 0.29) is 34.6 Å². The van der Waals surface area contributed by atoms with Crippen LogP contribution >= 0.6 is 0 Å². The van der Waals surface area contributed by atoms with Gasteiger partial charge in [0.15, 0.2) is 11.5 Å². The molecule has 0 aromatic carbocycles. The van der Waals surface area contributed by atoms with Crippen molar-refractivity contribution in [3.63, 3.8) is 0 Å². The van der Waals surface area contributed by atoms with Crippen molar-refractivity contribution in [3.05, 3.63) is 22.5 Å². The second kappa shape index (κ2) is 8.39. The molecule has 0 aromatic rings. The second-order valence-electron chi connectivity index (χ2n) is 13.3. The zero-order valence-electron chi connectivity index (χ0n) is 23.0. The summed E-state index contributed by atoms with van der Waals surface area (Å²) in [5.41, 5.74) is 0.144. The molecular formula is C30H44O5. The molecular weight excluding hydrogens is 440 g/mol. The van der Waals surface area contributed by atoms with Crippen molar-refractivity contribution < 1.29 is 24.2 Å². The fourth-order valence-corrected chi connectivity index (χ4v) is 8.19. The Hall–Kier alpha value is -1.75. The highest BCUT2D eigenvalue weighted by atomic mass is 16.5. The molecule has 1 heterocycles. The van der Waals surface area contributed by atoms with E-state index in [2.05, 4.69) is 20.8 Å². The molecule has 35 heavy (non-hydrogen) atoms. The molecule has 2 saturated carbocycles. The van der Waals surface area contributed by atoms with Crippen LogP contribution in [0.2, 0.25) is 0 Å². The number of ketones is 3. The normalized spacial score (nSPS) is 39.3. The van der Waals surface area contributed by atoms with Gasteiger partial charge in [-0.25, -0.2) is 0 Å². The first-order valence-electron chi connectivity index (χ1n) is 13.5. The van der Waals surface area contributed by atoms with Crippen molar-refractivity contribution in [3.8, 4) is 0 Å². The molecule has 5 heteroatoms. The third-order valence-corrected chi connectivity index (χ3v) is 10.5. The number of aliphatic hydroxyl groups is 1. The van der Waals surface area contributed by atoms with Gasteiger partial charge in [-0.3, -0.25) is 14.4 Å². The average Bonchev–Trinajstić information content (AvgIpc) is 2.85. The van der Waals surface area contributed by atoms with E-state index in [1.165, 1.54) is 0 Å². The van der Waals surface area contributed by atoms with E-state index >= 15 is 0 Å². The van der Waals surface area contributed by atoms with Gasteiger partial charge in [-0.05, 0) is 96.0 Å². The van der Waals surface area contributed by atoms with Gasteiger partial charge in [-0.2, -0.15) is 0 Å². The Balaban J connectivity index is 1.67. The van der Waals surface area contributed by atoms with Crippen molar-refractivity contribution in [2.45, 2.75) is 118 Å². The number of fused-ring (bicyclic) bond motifs is 2. The van der Waals surface area contributed by atoms with Crippen LogP contribution in [-0.2, 0) is 19.1 Å². The summed E-state index contributed by atoms with van der Waals surface area (Å²) in [6.07, 6.45) is 6.20. The number of carbonyl (C=O) groups excluding carboxylic acids is 3. The average molecular weight is 485 g/mol. The maximum absolute atomic E-state index is 13.2. The van der Waals surface area contributed by atoms with Crippen LogP contribution in [0.3, 0.4) is 0 Å². The van der Waals surface area contributed by atoms with Gasteiger partial charge in [0.2, 0.25) is 5.78 Å². The zero-order chi connectivity index (χ0) is 26.1. The van der Waals surface area contributed by atoms with E-state index in [9.17, 15) is 19.5 Å². The van der Waals surface area contributed by atoms with Gasteiger partial charge in [0.05, 0.1) is 6.10 Å². The number of Topliss-reactive ketones (excluding diaryl/α,β-unsaturated/α-hetero) is 3. The van der Waals surface area contributed by atoms with Crippen molar-refractivity contribution in [1.82, 2.24) is 0 Å². The summed E-state index contributed by atoms with van der Waals surface area (Å²) in [5, 5.41) is 10.9. The van der Waals surface area contributed by atoms with Crippen LogP contribution in [0, 0.1) is 28.1 Å². The topological polar surface area (TPSA) is 80.7 Å². The van der Waals surface area contributed by atoms with Crippen LogP contribution in [0.1, 0.15) is 107 Å². The first-order chi connectivity index (χ1) is 16.1. The van der Waals surface area contributed by atoms with Crippen molar-refractivity contribution >= 4 is 17.3 Å². The molecule has 0 spiro atoms. The SMILES string of the molecule is CC1=C(CC[C@H]2C(C)CC[C@H]3OC(C)(C)C(=O)CC[C@@]32C)[C@]2(C)CCC(=O)C(C)(C)C2=C(O)C1=O. The van der Waals surface area contributed by atoms with Crippen LogP contribution in [0.5, 0.6) is 0 Å². The molecule has 3 aliphatic carbocycles. The number of hydrogen-bond acceptors (Lipinski definition) is 5. The Bertz CT molecular complexity index is 1030. The number of hydrogen-bond donors (Lipinski definition) is 1. The molecule has 1 saturated heterocycles. The largest absolute Gasteiger partial charge is 0.504 e. The summed E-state index contributed by atoms with van der Waals surface area (Å²) >= 11 is 0. The lowest BCUT2D eigenvalue weighted by Gasteiger charge is -2.52. The van der Waals surface area contributed by atoms with Crippen LogP contribution in [0.25, 0.3) is 0 Å². The number of rotatable bonds is 3. The maximum Gasteiger partial charge on any atom is 0.223 e. The molecule has 194 valence electrons. The number of allylic oxidation sites excluding steroid dienone is 3. The minimum Gasteiger partial charge on any atom is -0.504 e. The summed E-state index contributed by atoms with van der Waals surface area (Å²) in [7, 11) is 0. The summed E-state index contributed by atoms with van der Waals surface area (Å²) in [4.78, 5) is 38.7. The molecule has 5 atom stereocenters. The van der Waals surface area contributed by atoms with Crippen molar-refractivity contribution in [2.24, 2.45) is 28.1 Å². The lowest BCUT2D eigenvalue weighted by atomic mass is 9.52. The van der Waals surface area contributed by atoms with Crippen LogP contribution in [0.15, 0.2) is 22.5 Å². The Morgan fingerprint density at radius 1 is 0.943 bits per heavy atom. The maximum atomic E-state index is 13.2. The van der Waals surface area contributed by atoms with E-state index in [1.54, 1.807) is 0 Å². The molecule has 4 aliphatic rings. The minimum atomic E-state index is -0.852. The summed E-state index contributed by atoms with van der Waals surface area (Å²) in [5.74, 6) is 0.578. The van der Waals surface area contributed by atoms with E-state index in [4.69, 9.17) is 4.74 Å². The predicted octanol–water partition coefficient (Wildman–Crippen LogP) is 6.45. The molecule has 4 rings (SSSR count). The molecule has 0 amide bonds. The quantitative estimate of drug-likeness (QED) is 0.498. The summed E-state index contributed by atoms with van der Waals surface area (Å²) in [6, 6.07) is 0. The van der Waals surface area contributed by atoms with Crippen LogP contribution in [0.4, 0.5) is 0 Å². The Morgan fingerprint density at radius 3 is 2.23 bits per heavy atom. The first-order valence-corrected chi connectivity index (χ1v) is 13.5. The Labute approximate surface area is 210 Å². The van der Waals surface area contributed by atoms with Crippen molar-refractivity contribution in [2.75, 3.05) is 0 Å². The van der Waals surface area contributed by atoms with Gasteiger partial charge in [0.1, 0.15) is 11.4 Å². The smallest absolute Gasteiger partial charge is 0.223 e. The molecule has 0 radical (unpaired) electrons. The predicted molar refractivity (Wildman–Crippen MR) is 136 cm³/mol. The lowest BCUT2D eigenvalue weighted by molar-refractivity contribution is -0.165. The molecule has 3 fully saturated rings. The molecule has 1 unspecified atom stereocenters. The van der Waals surface area contributed by atoms with Gasteiger partial charge in [0, 0.05) is 29.2 Å². The Morgan fingerprint density at radius 2 is 1.57 bits per heavy atom. The second-order valence-corrected chi connectivity index (χ2v) is 13.3. The highest BCUT2D eigenvalue weighted by molar-refractivity contribution is 6.10. The fourth-order valence-electron chi connectivity index (χ4n) is 8.19.